The molecule has 3 heteroatoms. The first-order valence-electron chi connectivity index (χ1n) is 7.36. The van der Waals surface area contributed by atoms with E-state index in [1.165, 1.54) is 39.1 Å². The van der Waals surface area contributed by atoms with Crippen molar-refractivity contribution in [3.05, 3.63) is 0 Å². The van der Waals surface area contributed by atoms with Crippen LogP contribution in [0.15, 0.2) is 0 Å². The molecule has 0 saturated carbocycles. The molecule has 0 spiro atoms. The van der Waals surface area contributed by atoms with Crippen molar-refractivity contribution in [3.8, 4) is 0 Å². The monoisotopic (exact) mass is 241 g/mol. The second kappa shape index (κ2) is 8.06. The van der Waals surface area contributed by atoms with Gasteiger partial charge in [0.2, 0.25) is 0 Å². The van der Waals surface area contributed by atoms with Gasteiger partial charge in [-0.15, -0.1) is 0 Å². The van der Waals surface area contributed by atoms with Crippen molar-refractivity contribution in [2.75, 3.05) is 45.8 Å². The molecule has 0 aromatic heterocycles. The van der Waals surface area contributed by atoms with Gasteiger partial charge in [-0.05, 0) is 38.9 Å². The predicted octanol–water partition coefficient (Wildman–Crippen LogP) is 1.65. The van der Waals surface area contributed by atoms with E-state index in [1.807, 2.05) is 0 Å². The van der Waals surface area contributed by atoms with Gasteiger partial charge < -0.3 is 10.2 Å². The topological polar surface area (TPSA) is 18.5 Å². The molecule has 0 aliphatic carbocycles. The van der Waals surface area contributed by atoms with Gasteiger partial charge in [0.15, 0.2) is 0 Å². The molecule has 102 valence electrons. The van der Waals surface area contributed by atoms with Gasteiger partial charge >= 0.3 is 0 Å². The summed E-state index contributed by atoms with van der Waals surface area (Å²) in [6.45, 7) is 17.7. The Labute approximate surface area is 108 Å². The van der Waals surface area contributed by atoms with Crippen LogP contribution in [0.25, 0.3) is 0 Å². The van der Waals surface area contributed by atoms with Crippen molar-refractivity contribution in [2.45, 2.75) is 40.2 Å². The Balaban J connectivity index is 2.24. The van der Waals surface area contributed by atoms with Crippen molar-refractivity contribution in [1.29, 1.82) is 0 Å². The number of hydrogen-bond donors (Lipinski definition) is 1. The Bertz CT molecular complexity index is 188. The summed E-state index contributed by atoms with van der Waals surface area (Å²) in [5.41, 5.74) is 0. The molecule has 1 saturated heterocycles. The average molecular weight is 241 g/mol. The molecule has 1 rings (SSSR count). The standard InChI is InChI=1S/C14H31N3/c1-5-7-15-12-13(3)14(4)17-10-8-16(6-2)9-11-17/h13-15H,5-12H2,1-4H3. The van der Waals surface area contributed by atoms with Crippen LogP contribution in [0.4, 0.5) is 0 Å². The summed E-state index contributed by atoms with van der Waals surface area (Å²) < 4.78 is 0. The van der Waals surface area contributed by atoms with E-state index in [-0.39, 0.29) is 0 Å². The van der Waals surface area contributed by atoms with Crippen molar-refractivity contribution in [1.82, 2.24) is 15.1 Å². The molecule has 0 bridgehead atoms. The maximum absolute atomic E-state index is 3.54. The summed E-state index contributed by atoms with van der Waals surface area (Å²) in [6, 6.07) is 0.707. The highest BCUT2D eigenvalue weighted by Crippen LogP contribution is 2.13. The van der Waals surface area contributed by atoms with Crippen molar-refractivity contribution >= 4 is 0 Å². The maximum Gasteiger partial charge on any atom is 0.0113 e. The zero-order chi connectivity index (χ0) is 12.7. The SMILES string of the molecule is CCCNCC(C)C(C)N1CCN(CC)CC1. The second-order valence-corrected chi connectivity index (χ2v) is 5.39. The molecule has 0 amide bonds. The minimum Gasteiger partial charge on any atom is -0.316 e. The molecule has 0 radical (unpaired) electrons. The van der Waals surface area contributed by atoms with Gasteiger partial charge in [-0.25, -0.2) is 0 Å². The summed E-state index contributed by atoms with van der Waals surface area (Å²) in [5.74, 6) is 0.745. The van der Waals surface area contributed by atoms with Crippen molar-refractivity contribution in [2.24, 2.45) is 5.92 Å². The first-order valence-corrected chi connectivity index (χ1v) is 7.36. The minimum atomic E-state index is 0.707. The molecule has 0 aromatic rings. The first kappa shape index (κ1) is 14.9. The number of nitrogens with one attached hydrogen (secondary N) is 1. The van der Waals surface area contributed by atoms with Crippen molar-refractivity contribution in [3.63, 3.8) is 0 Å². The lowest BCUT2D eigenvalue weighted by atomic mass is 10.0. The van der Waals surface area contributed by atoms with E-state index < -0.39 is 0 Å². The van der Waals surface area contributed by atoms with Gasteiger partial charge in [0.25, 0.3) is 0 Å². The lowest BCUT2D eigenvalue weighted by Crippen LogP contribution is -2.52. The summed E-state index contributed by atoms with van der Waals surface area (Å²) in [7, 11) is 0. The zero-order valence-electron chi connectivity index (χ0n) is 12.2. The Morgan fingerprint density at radius 1 is 1.06 bits per heavy atom. The fourth-order valence-electron chi connectivity index (χ4n) is 2.52. The van der Waals surface area contributed by atoms with E-state index in [9.17, 15) is 0 Å². The van der Waals surface area contributed by atoms with Crippen LogP contribution in [0.2, 0.25) is 0 Å². The van der Waals surface area contributed by atoms with Crippen LogP contribution < -0.4 is 5.32 Å². The number of hydrogen-bond acceptors (Lipinski definition) is 3. The van der Waals surface area contributed by atoms with Gasteiger partial charge in [0.1, 0.15) is 0 Å². The van der Waals surface area contributed by atoms with Gasteiger partial charge in [-0.3, -0.25) is 4.90 Å². The Morgan fingerprint density at radius 3 is 2.24 bits per heavy atom. The van der Waals surface area contributed by atoms with Gasteiger partial charge in [0.05, 0.1) is 0 Å². The lowest BCUT2D eigenvalue weighted by molar-refractivity contribution is 0.0832. The van der Waals surface area contributed by atoms with Crippen LogP contribution in [-0.4, -0.2) is 61.7 Å². The molecule has 2 atom stereocenters. The first-order chi connectivity index (χ1) is 8.19. The van der Waals surface area contributed by atoms with E-state index in [0.29, 0.717) is 6.04 Å². The van der Waals surface area contributed by atoms with E-state index in [4.69, 9.17) is 0 Å². The Morgan fingerprint density at radius 2 is 1.71 bits per heavy atom. The van der Waals surface area contributed by atoms with E-state index in [0.717, 1.165) is 19.0 Å². The summed E-state index contributed by atoms with van der Waals surface area (Å²) in [4.78, 5) is 5.20. The van der Waals surface area contributed by atoms with E-state index >= 15 is 0 Å². The maximum atomic E-state index is 3.54. The molecule has 3 nitrogen and oxygen atoms in total. The fourth-order valence-corrected chi connectivity index (χ4v) is 2.52. The smallest absolute Gasteiger partial charge is 0.0113 e. The minimum absolute atomic E-state index is 0.707. The summed E-state index contributed by atoms with van der Waals surface area (Å²) in [5, 5.41) is 3.54. The number of piperazine rings is 1. The molecule has 1 N–H and O–H groups in total. The van der Waals surface area contributed by atoms with Crippen LogP contribution >= 0.6 is 0 Å². The molecular formula is C14H31N3. The summed E-state index contributed by atoms with van der Waals surface area (Å²) in [6.07, 6.45) is 1.23. The Hall–Kier alpha value is -0.120. The normalized spacial score (nSPS) is 22.6. The number of rotatable bonds is 7. The quantitative estimate of drug-likeness (QED) is 0.684. The molecule has 0 aromatic carbocycles. The fraction of sp³-hybridized carbons (Fsp3) is 1.00. The predicted molar refractivity (Wildman–Crippen MR) is 75.5 cm³/mol. The van der Waals surface area contributed by atoms with Crippen molar-refractivity contribution < 1.29 is 0 Å². The second-order valence-electron chi connectivity index (χ2n) is 5.39. The number of nitrogens with zero attached hydrogens (tertiary/aromatic N) is 2. The van der Waals surface area contributed by atoms with Crippen LogP contribution in [0.1, 0.15) is 34.1 Å². The highest BCUT2D eigenvalue weighted by atomic mass is 15.3. The largest absolute Gasteiger partial charge is 0.316 e. The zero-order valence-corrected chi connectivity index (χ0v) is 12.2. The number of likely N-dealkylation sites (N-methyl/N-ethyl adjacent to an activating group) is 1. The third-order valence-corrected chi connectivity index (χ3v) is 4.15. The van der Waals surface area contributed by atoms with E-state index in [2.05, 4.69) is 42.8 Å². The van der Waals surface area contributed by atoms with Gasteiger partial charge in [-0.2, -0.15) is 0 Å². The Kier molecular flexibility index (Phi) is 7.09. The van der Waals surface area contributed by atoms with Crippen LogP contribution in [-0.2, 0) is 0 Å². The molecule has 1 aliphatic heterocycles. The molecule has 1 fully saturated rings. The highest BCUT2D eigenvalue weighted by molar-refractivity contribution is 4.79. The average Bonchev–Trinajstić information content (AvgIpc) is 2.38. The molecule has 1 heterocycles. The van der Waals surface area contributed by atoms with E-state index in [1.54, 1.807) is 0 Å². The lowest BCUT2D eigenvalue weighted by Gasteiger charge is -2.40. The molecule has 2 unspecified atom stereocenters. The van der Waals surface area contributed by atoms with Crippen LogP contribution in [0.3, 0.4) is 0 Å². The van der Waals surface area contributed by atoms with Gasteiger partial charge in [-0.1, -0.05) is 20.8 Å². The molecule has 17 heavy (non-hydrogen) atoms. The third kappa shape index (κ3) is 4.94. The third-order valence-electron chi connectivity index (χ3n) is 4.15. The van der Waals surface area contributed by atoms with Crippen LogP contribution in [0.5, 0.6) is 0 Å². The molecular weight excluding hydrogens is 210 g/mol. The molecule has 1 aliphatic rings. The van der Waals surface area contributed by atoms with Crippen LogP contribution in [0, 0.1) is 5.92 Å². The highest BCUT2D eigenvalue weighted by Gasteiger charge is 2.23. The van der Waals surface area contributed by atoms with Gasteiger partial charge in [0, 0.05) is 32.2 Å². The summed E-state index contributed by atoms with van der Waals surface area (Å²) >= 11 is 0.